The second-order valence-corrected chi connectivity index (χ2v) is 3.04. The highest BCUT2D eigenvalue weighted by Gasteiger charge is 2.30. The zero-order valence-corrected chi connectivity index (χ0v) is 8.21. The summed E-state index contributed by atoms with van der Waals surface area (Å²) in [5.74, 6) is -3.34. The SMILES string of the molecule is Nc1c(F)ccc(OCC(F)(F)F)c1C(=O)O. The Balaban J connectivity index is 3.08. The third-order valence-corrected chi connectivity index (χ3v) is 1.76. The highest BCUT2D eigenvalue weighted by atomic mass is 19.4. The van der Waals surface area contributed by atoms with E-state index in [9.17, 15) is 22.4 Å². The maximum absolute atomic E-state index is 12.9. The summed E-state index contributed by atoms with van der Waals surface area (Å²) in [6.45, 7) is -1.68. The van der Waals surface area contributed by atoms with E-state index >= 15 is 0 Å². The molecule has 0 amide bonds. The van der Waals surface area contributed by atoms with Crippen LogP contribution in [0.15, 0.2) is 12.1 Å². The number of nitrogens with two attached hydrogens (primary N) is 1. The summed E-state index contributed by atoms with van der Waals surface area (Å²) < 4.78 is 52.8. The molecule has 3 N–H and O–H groups in total. The minimum Gasteiger partial charge on any atom is -0.483 e. The number of halogens is 4. The van der Waals surface area contributed by atoms with Gasteiger partial charge in [0.25, 0.3) is 0 Å². The molecule has 0 unspecified atom stereocenters. The average Bonchev–Trinajstić information content (AvgIpc) is 2.18. The third kappa shape index (κ3) is 3.23. The number of carbonyl (C=O) groups is 1. The normalized spacial score (nSPS) is 11.3. The highest BCUT2D eigenvalue weighted by molar-refractivity contribution is 5.96. The molecule has 1 rings (SSSR count). The Morgan fingerprint density at radius 2 is 2.00 bits per heavy atom. The number of alkyl halides is 3. The van der Waals surface area contributed by atoms with Crippen LogP contribution in [0.25, 0.3) is 0 Å². The van der Waals surface area contributed by atoms with Gasteiger partial charge in [-0.3, -0.25) is 0 Å². The van der Waals surface area contributed by atoms with E-state index in [2.05, 4.69) is 4.74 Å². The Kier molecular flexibility index (Phi) is 3.45. The van der Waals surface area contributed by atoms with Crippen LogP contribution in [0.3, 0.4) is 0 Å². The van der Waals surface area contributed by atoms with Gasteiger partial charge < -0.3 is 15.6 Å². The Labute approximate surface area is 92.6 Å². The van der Waals surface area contributed by atoms with Crippen LogP contribution in [0.5, 0.6) is 5.75 Å². The van der Waals surface area contributed by atoms with E-state index in [1.54, 1.807) is 0 Å². The molecule has 94 valence electrons. The molecule has 0 saturated carbocycles. The van der Waals surface area contributed by atoms with Crippen molar-refractivity contribution in [1.29, 1.82) is 0 Å². The number of nitrogen functional groups attached to an aromatic ring is 1. The lowest BCUT2D eigenvalue weighted by molar-refractivity contribution is -0.153. The minimum absolute atomic E-state index is 0.631. The van der Waals surface area contributed by atoms with E-state index in [0.29, 0.717) is 0 Å². The average molecular weight is 253 g/mol. The monoisotopic (exact) mass is 253 g/mol. The highest BCUT2D eigenvalue weighted by Crippen LogP contribution is 2.28. The molecule has 0 bridgehead atoms. The number of hydrogen-bond acceptors (Lipinski definition) is 3. The van der Waals surface area contributed by atoms with Crippen LogP contribution in [-0.2, 0) is 0 Å². The van der Waals surface area contributed by atoms with Crippen molar-refractivity contribution < 1.29 is 32.2 Å². The molecule has 0 atom stereocenters. The topological polar surface area (TPSA) is 72.5 Å². The summed E-state index contributed by atoms with van der Waals surface area (Å²) in [5.41, 5.74) is 3.52. The number of rotatable bonds is 3. The molecule has 17 heavy (non-hydrogen) atoms. The van der Waals surface area contributed by atoms with Crippen LogP contribution >= 0.6 is 0 Å². The van der Waals surface area contributed by atoms with Crippen molar-refractivity contribution in [3.63, 3.8) is 0 Å². The summed E-state index contributed by atoms with van der Waals surface area (Å²) in [6.07, 6.45) is -4.63. The molecule has 0 heterocycles. The molecule has 4 nitrogen and oxygen atoms in total. The Bertz CT molecular complexity index is 445. The Morgan fingerprint density at radius 1 is 1.41 bits per heavy atom. The Morgan fingerprint density at radius 3 is 2.47 bits per heavy atom. The molecular formula is C9H7F4NO3. The molecule has 0 radical (unpaired) electrons. The predicted molar refractivity (Wildman–Crippen MR) is 49.3 cm³/mol. The quantitative estimate of drug-likeness (QED) is 0.638. The van der Waals surface area contributed by atoms with Crippen LogP contribution in [0.1, 0.15) is 10.4 Å². The van der Waals surface area contributed by atoms with E-state index in [1.807, 2.05) is 0 Å². The minimum atomic E-state index is -4.63. The lowest BCUT2D eigenvalue weighted by Gasteiger charge is -2.12. The van der Waals surface area contributed by atoms with Gasteiger partial charge in [0.15, 0.2) is 6.61 Å². The van der Waals surface area contributed by atoms with Gasteiger partial charge in [-0.05, 0) is 12.1 Å². The van der Waals surface area contributed by atoms with Gasteiger partial charge in [-0.15, -0.1) is 0 Å². The predicted octanol–water partition coefficient (Wildman–Crippen LogP) is 2.05. The van der Waals surface area contributed by atoms with Crippen LogP contribution in [0.4, 0.5) is 23.2 Å². The van der Waals surface area contributed by atoms with Gasteiger partial charge in [0.05, 0.1) is 5.69 Å². The molecule has 0 aromatic heterocycles. The molecule has 0 aliphatic heterocycles. The van der Waals surface area contributed by atoms with E-state index in [-0.39, 0.29) is 0 Å². The van der Waals surface area contributed by atoms with Crippen molar-refractivity contribution in [2.24, 2.45) is 0 Å². The molecule has 8 heteroatoms. The molecule has 1 aromatic rings. The second kappa shape index (κ2) is 4.48. The molecule has 0 aliphatic rings. The fraction of sp³-hybridized carbons (Fsp3) is 0.222. The van der Waals surface area contributed by atoms with Gasteiger partial charge in [-0.1, -0.05) is 0 Å². The van der Waals surface area contributed by atoms with Crippen LogP contribution in [0.2, 0.25) is 0 Å². The molecular weight excluding hydrogens is 246 g/mol. The number of hydrogen-bond donors (Lipinski definition) is 2. The number of aromatic carboxylic acids is 1. The fourth-order valence-corrected chi connectivity index (χ4v) is 1.07. The van der Waals surface area contributed by atoms with Gasteiger partial charge >= 0.3 is 12.1 Å². The first kappa shape index (κ1) is 13.1. The molecule has 1 aromatic carbocycles. The maximum atomic E-state index is 12.9. The molecule has 0 spiro atoms. The van der Waals surface area contributed by atoms with Crippen molar-refractivity contribution in [2.75, 3.05) is 12.3 Å². The number of anilines is 1. The van der Waals surface area contributed by atoms with Crippen molar-refractivity contribution in [3.05, 3.63) is 23.5 Å². The van der Waals surface area contributed by atoms with E-state index in [0.717, 1.165) is 12.1 Å². The summed E-state index contributed by atoms with van der Waals surface area (Å²) in [5, 5.41) is 8.69. The molecule has 0 fully saturated rings. The van der Waals surface area contributed by atoms with E-state index in [4.69, 9.17) is 10.8 Å². The lowest BCUT2D eigenvalue weighted by atomic mass is 10.1. The van der Waals surface area contributed by atoms with Gasteiger partial charge in [0.1, 0.15) is 17.1 Å². The zero-order valence-electron chi connectivity index (χ0n) is 8.21. The van der Waals surface area contributed by atoms with Crippen LogP contribution in [0, 0.1) is 5.82 Å². The summed E-state index contributed by atoms with van der Waals surface area (Å²) in [6, 6.07) is 1.51. The zero-order chi connectivity index (χ0) is 13.2. The van der Waals surface area contributed by atoms with E-state index < -0.39 is 41.6 Å². The van der Waals surface area contributed by atoms with Crippen LogP contribution in [-0.4, -0.2) is 23.9 Å². The number of carboxylic acids is 1. The van der Waals surface area contributed by atoms with Crippen molar-refractivity contribution in [3.8, 4) is 5.75 Å². The lowest BCUT2D eigenvalue weighted by Crippen LogP contribution is -2.20. The maximum Gasteiger partial charge on any atom is 0.422 e. The first-order valence-electron chi connectivity index (χ1n) is 4.23. The van der Waals surface area contributed by atoms with E-state index in [1.165, 1.54) is 0 Å². The molecule has 0 aliphatic carbocycles. The summed E-state index contributed by atoms with van der Waals surface area (Å²) in [7, 11) is 0. The first-order chi connectivity index (χ1) is 7.72. The van der Waals surface area contributed by atoms with Gasteiger partial charge in [0, 0.05) is 0 Å². The van der Waals surface area contributed by atoms with Gasteiger partial charge in [-0.2, -0.15) is 13.2 Å². The summed E-state index contributed by atoms with van der Waals surface area (Å²) >= 11 is 0. The van der Waals surface area contributed by atoms with Gasteiger partial charge in [0.2, 0.25) is 0 Å². The summed E-state index contributed by atoms with van der Waals surface area (Å²) in [4.78, 5) is 10.7. The fourth-order valence-electron chi connectivity index (χ4n) is 1.07. The number of ether oxygens (including phenoxy) is 1. The van der Waals surface area contributed by atoms with Crippen molar-refractivity contribution >= 4 is 11.7 Å². The number of carboxylic acid groups (broad SMARTS) is 1. The van der Waals surface area contributed by atoms with Gasteiger partial charge in [-0.25, -0.2) is 9.18 Å². The largest absolute Gasteiger partial charge is 0.483 e. The second-order valence-electron chi connectivity index (χ2n) is 3.04. The first-order valence-corrected chi connectivity index (χ1v) is 4.23. The van der Waals surface area contributed by atoms with Crippen molar-refractivity contribution in [1.82, 2.24) is 0 Å². The standard InChI is InChI=1S/C9H7F4NO3/c10-4-1-2-5(17-3-9(11,12)13)6(7(4)14)8(15)16/h1-2H,3,14H2,(H,15,16). The Hall–Kier alpha value is -1.99. The number of benzene rings is 1. The smallest absolute Gasteiger partial charge is 0.422 e. The molecule has 0 saturated heterocycles. The van der Waals surface area contributed by atoms with Crippen molar-refractivity contribution in [2.45, 2.75) is 6.18 Å². The van der Waals surface area contributed by atoms with Crippen LogP contribution < -0.4 is 10.5 Å². The third-order valence-electron chi connectivity index (χ3n) is 1.76.